The van der Waals surface area contributed by atoms with E-state index in [2.05, 4.69) is 19.9 Å². The van der Waals surface area contributed by atoms with Gasteiger partial charge in [-0.2, -0.15) is 0 Å². The summed E-state index contributed by atoms with van der Waals surface area (Å²) >= 11 is 0. The Morgan fingerprint density at radius 1 is 1.07 bits per heavy atom. The first-order valence-corrected chi connectivity index (χ1v) is 5.67. The van der Waals surface area contributed by atoms with E-state index in [4.69, 9.17) is 11.5 Å². The molecule has 0 bridgehead atoms. The number of hydrogen-bond acceptors (Lipinski definition) is 2. The molecule has 0 heterocycles. The van der Waals surface area contributed by atoms with E-state index in [9.17, 15) is 0 Å². The number of hydrogen-bond donors (Lipinski definition) is 2. The van der Waals surface area contributed by atoms with Crippen LogP contribution >= 0.6 is 0 Å². The SMILES string of the molecule is CCC(CC)c1cc(C)c(N)c(C)c1N. The van der Waals surface area contributed by atoms with Crippen molar-refractivity contribution in [3.63, 3.8) is 0 Å². The van der Waals surface area contributed by atoms with Gasteiger partial charge in [0.25, 0.3) is 0 Å². The molecular formula is C13H22N2. The minimum Gasteiger partial charge on any atom is -0.398 e. The Balaban J connectivity index is 3.31. The van der Waals surface area contributed by atoms with Gasteiger partial charge < -0.3 is 11.5 Å². The van der Waals surface area contributed by atoms with Gasteiger partial charge in [-0.15, -0.1) is 0 Å². The van der Waals surface area contributed by atoms with Gasteiger partial charge in [0.05, 0.1) is 0 Å². The Labute approximate surface area is 92.7 Å². The average Bonchev–Trinajstić information content (AvgIpc) is 2.24. The maximum absolute atomic E-state index is 6.12. The number of nitrogens with two attached hydrogens (primary N) is 2. The molecule has 0 fully saturated rings. The van der Waals surface area contributed by atoms with Gasteiger partial charge >= 0.3 is 0 Å². The second-order valence-corrected chi connectivity index (χ2v) is 4.25. The summed E-state index contributed by atoms with van der Waals surface area (Å²) in [7, 11) is 0. The van der Waals surface area contributed by atoms with Crippen molar-refractivity contribution in [2.24, 2.45) is 0 Å². The third kappa shape index (κ3) is 2.09. The molecule has 15 heavy (non-hydrogen) atoms. The molecule has 0 amide bonds. The van der Waals surface area contributed by atoms with Crippen molar-refractivity contribution in [1.82, 2.24) is 0 Å². The molecular weight excluding hydrogens is 184 g/mol. The fourth-order valence-electron chi connectivity index (χ4n) is 2.11. The van der Waals surface area contributed by atoms with E-state index in [0.717, 1.165) is 35.3 Å². The summed E-state index contributed by atoms with van der Waals surface area (Å²) in [4.78, 5) is 0. The van der Waals surface area contributed by atoms with E-state index in [1.807, 2.05) is 13.8 Å². The molecule has 4 N–H and O–H groups in total. The van der Waals surface area contributed by atoms with Crippen molar-refractivity contribution in [1.29, 1.82) is 0 Å². The van der Waals surface area contributed by atoms with Gasteiger partial charge in [-0.1, -0.05) is 19.9 Å². The zero-order valence-electron chi connectivity index (χ0n) is 10.2. The monoisotopic (exact) mass is 206 g/mol. The summed E-state index contributed by atoms with van der Waals surface area (Å²) in [6, 6.07) is 2.15. The lowest BCUT2D eigenvalue weighted by Crippen LogP contribution is -2.06. The lowest BCUT2D eigenvalue weighted by molar-refractivity contribution is 0.643. The van der Waals surface area contributed by atoms with Gasteiger partial charge in [-0.3, -0.25) is 0 Å². The highest BCUT2D eigenvalue weighted by atomic mass is 14.6. The molecule has 0 aliphatic rings. The predicted octanol–water partition coefficient (Wildman–Crippen LogP) is 3.37. The standard InChI is InChI=1S/C13H22N2/c1-5-10(6-2)11-7-8(3)12(14)9(4)13(11)15/h7,10H,5-6,14-15H2,1-4H3. The van der Waals surface area contributed by atoms with Crippen molar-refractivity contribution >= 4 is 11.4 Å². The molecule has 0 aliphatic heterocycles. The number of benzene rings is 1. The summed E-state index contributed by atoms with van der Waals surface area (Å²) in [5, 5.41) is 0. The topological polar surface area (TPSA) is 52.0 Å². The molecule has 84 valence electrons. The number of rotatable bonds is 3. The lowest BCUT2D eigenvalue weighted by Gasteiger charge is -2.19. The maximum atomic E-state index is 6.12. The Hall–Kier alpha value is -1.18. The molecule has 0 aliphatic carbocycles. The van der Waals surface area contributed by atoms with Crippen LogP contribution in [0.4, 0.5) is 11.4 Å². The van der Waals surface area contributed by atoms with Crippen LogP contribution in [0.15, 0.2) is 6.07 Å². The lowest BCUT2D eigenvalue weighted by atomic mass is 9.89. The first-order valence-electron chi connectivity index (χ1n) is 5.67. The van der Waals surface area contributed by atoms with Crippen LogP contribution in [-0.2, 0) is 0 Å². The predicted molar refractivity (Wildman–Crippen MR) is 68.1 cm³/mol. The summed E-state index contributed by atoms with van der Waals surface area (Å²) in [6.07, 6.45) is 2.26. The quantitative estimate of drug-likeness (QED) is 0.745. The number of anilines is 2. The van der Waals surface area contributed by atoms with Crippen LogP contribution in [0.25, 0.3) is 0 Å². The van der Waals surface area contributed by atoms with Crippen molar-refractivity contribution in [3.05, 3.63) is 22.8 Å². The largest absolute Gasteiger partial charge is 0.398 e. The first kappa shape index (κ1) is 11.9. The molecule has 0 aromatic heterocycles. The smallest absolute Gasteiger partial charge is 0.0400 e. The van der Waals surface area contributed by atoms with Gasteiger partial charge in [0.2, 0.25) is 0 Å². The number of aryl methyl sites for hydroxylation is 1. The van der Waals surface area contributed by atoms with Crippen molar-refractivity contribution < 1.29 is 0 Å². The second kappa shape index (κ2) is 4.56. The normalized spacial score (nSPS) is 11.0. The highest BCUT2D eigenvalue weighted by Crippen LogP contribution is 2.34. The van der Waals surface area contributed by atoms with Gasteiger partial charge in [-0.25, -0.2) is 0 Å². The van der Waals surface area contributed by atoms with Crippen molar-refractivity contribution in [2.75, 3.05) is 11.5 Å². The molecule has 0 radical (unpaired) electrons. The average molecular weight is 206 g/mol. The Kier molecular flexibility index (Phi) is 3.61. The maximum Gasteiger partial charge on any atom is 0.0400 e. The molecule has 1 aromatic carbocycles. The van der Waals surface area contributed by atoms with Crippen molar-refractivity contribution in [3.8, 4) is 0 Å². The minimum atomic E-state index is 0.558. The van der Waals surface area contributed by atoms with Gasteiger partial charge in [0, 0.05) is 11.4 Å². The van der Waals surface area contributed by atoms with E-state index in [1.54, 1.807) is 0 Å². The van der Waals surface area contributed by atoms with E-state index in [0.29, 0.717) is 5.92 Å². The first-order chi connectivity index (χ1) is 7.02. The molecule has 0 atom stereocenters. The molecule has 2 nitrogen and oxygen atoms in total. The van der Waals surface area contributed by atoms with Crippen LogP contribution in [0, 0.1) is 13.8 Å². The zero-order chi connectivity index (χ0) is 11.6. The summed E-state index contributed by atoms with van der Waals surface area (Å²) in [5.74, 6) is 0.558. The van der Waals surface area contributed by atoms with E-state index in [-0.39, 0.29) is 0 Å². The Bertz CT molecular complexity index is 352. The fraction of sp³-hybridized carbons (Fsp3) is 0.538. The molecule has 0 saturated heterocycles. The minimum absolute atomic E-state index is 0.558. The molecule has 1 rings (SSSR count). The highest BCUT2D eigenvalue weighted by molar-refractivity contribution is 5.68. The highest BCUT2D eigenvalue weighted by Gasteiger charge is 2.14. The van der Waals surface area contributed by atoms with Gasteiger partial charge in [0.15, 0.2) is 0 Å². The van der Waals surface area contributed by atoms with E-state index < -0.39 is 0 Å². The summed E-state index contributed by atoms with van der Waals surface area (Å²) in [5.41, 5.74) is 17.2. The van der Waals surface area contributed by atoms with Crippen LogP contribution in [0.3, 0.4) is 0 Å². The third-order valence-corrected chi connectivity index (χ3v) is 3.34. The summed E-state index contributed by atoms with van der Waals surface area (Å²) in [6.45, 7) is 8.46. The van der Waals surface area contributed by atoms with Gasteiger partial charge in [-0.05, 0) is 49.3 Å². The molecule has 0 unspecified atom stereocenters. The Morgan fingerprint density at radius 2 is 1.60 bits per heavy atom. The van der Waals surface area contributed by atoms with E-state index >= 15 is 0 Å². The number of nitrogen functional groups attached to an aromatic ring is 2. The van der Waals surface area contributed by atoms with Gasteiger partial charge in [0.1, 0.15) is 0 Å². The fourth-order valence-corrected chi connectivity index (χ4v) is 2.11. The van der Waals surface area contributed by atoms with Crippen LogP contribution in [0.5, 0.6) is 0 Å². The zero-order valence-corrected chi connectivity index (χ0v) is 10.2. The van der Waals surface area contributed by atoms with E-state index in [1.165, 1.54) is 5.56 Å². The molecule has 2 heteroatoms. The third-order valence-electron chi connectivity index (χ3n) is 3.34. The van der Waals surface area contributed by atoms with Crippen LogP contribution in [0.2, 0.25) is 0 Å². The van der Waals surface area contributed by atoms with Crippen LogP contribution < -0.4 is 11.5 Å². The summed E-state index contributed by atoms with van der Waals surface area (Å²) < 4.78 is 0. The van der Waals surface area contributed by atoms with Crippen LogP contribution in [0.1, 0.15) is 49.3 Å². The van der Waals surface area contributed by atoms with Crippen molar-refractivity contribution in [2.45, 2.75) is 46.5 Å². The molecule has 1 aromatic rings. The second-order valence-electron chi connectivity index (χ2n) is 4.25. The molecule has 0 saturated carbocycles. The van der Waals surface area contributed by atoms with Crippen LogP contribution in [-0.4, -0.2) is 0 Å². The molecule has 0 spiro atoms. The Morgan fingerprint density at radius 3 is 2.07 bits per heavy atom.